The van der Waals surface area contributed by atoms with Crippen molar-refractivity contribution in [3.63, 3.8) is 0 Å². The maximum Gasteiger partial charge on any atom is 0.142 e. The van der Waals surface area contributed by atoms with E-state index in [2.05, 4.69) is 14.1 Å². The molecule has 3 saturated heterocycles. The minimum absolute atomic E-state index is 0.0671. The zero-order chi connectivity index (χ0) is 8.51. The van der Waals surface area contributed by atoms with Crippen molar-refractivity contribution in [2.24, 2.45) is 0 Å². The Bertz CT molecular complexity index is 209. The van der Waals surface area contributed by atoms with Gasteiger partial charge in [-0.25, -0.2) is 0 Å². The van der Waals surface area contributed by atoms with Crippen molar-refractivity contribution in [1.29, 1.82) is 0 Å². The van der Waals surface area contributed by atoms with E-state index in [-0.39, 0.29) is 6.10 Å². The van der Waals surface area contributed by atoms with Crippen molar-refractivity contribution in [2.75, 3.05) is 14.1 Å². The molecule has 3 heteroatoms. The third-order valence-corrected chi connectivity index (χ3v) is 4.06. The van der Waals surface area contributed by atoms with Crippen LogP contribution < -0.4 is 0 Å². The number of nitrogens with zero attached hydrogens (tertiary/aromatic N) is 1. The minimum atomic E-state index is -0.0671. The molecule has 3 nitrogen and oxygen atoms in total. The lowest BCUT2D eigenvalue weighted by Crippen LogP contribution is -2.59. The summed E-state index contributed by atoms with van der Waals surface area (Å²) in [6.45, 7) is 0. The second kappa shape index (κ2) is 1.86. The Morgan fingerprint density at radius 1 is 1.17 bits per heavy atom. The summed E-state index contributed by atoms with van der Waals surface area (Å²) < 4.78 is 6.65. The van der Waals surface area contributed by atoms with Crippen LogP contribution in [0.25, 0.3) is 0 Å². The fourth-order valence-corrected chi connectivity index (χ4v) is 3.22. The molecule has 3 rings (SSSR count). The summed E-state index contributed by atoms with van der Waals surface area (Å²) in [5.74, 6) is 0. The van der Waals surface area contributed by atoms with E-state index in [1.165, 1.54) is 0 Å². The Balaban J connectivity index is 1.96. The lowest BCUT2D eigenvalue weighted by Gasteiger charge is -2.44. The number of piperidine rings is 1. The number of aliphatic hydroxyl groups is 1. The highest BCUT2D eigenvalue weighted by Gasteiger charge is 2.70. The van der Waals surface area contributed by atoms with Gasteiger partial charge in [0.15, 0.2) is 0 Å². The lowest BCUT2D eigenvalue weighted by atomic mass is 9.97. The van der Waals surface area contributed by atoms with Crippen LogP contribution in [0.3, 0.4) is 0 Å². The SMILES string of the molecule is C[N+]1(C)[C@@H]2CC(O)C[C@H]1[C@@H]1O[C@H]12. The van der Waals surface area contributed by atoms with Crippen LogP contribution in [-0.2, 0) is 4.74 Å². The van der Waals surface area contributed by atoms with Gasteiger partial charge < -0.3 is 14.3 Å². The molecule has 12 heavy (non-hydrogen) atoms. The smallest absolute Gasteiger partial charge is 0.142 e. The summed E-state index contributed by atoms with van der Waals surface area (Å²) in [4.78, 5) is 0. The Kier molecular flexibility index (Phi) is 1.13. The first-order valence-electron chi connectivity index (χ1n) is 4.77. The molecule has 1 unspecified atom stereocenters. The molecule has 1 N–H and O–H groups in total. The summed E-state index contributed by atoms with van der Waals surface area (Å²) in [6.07, 6.45) is 2.75. The molecule has 2 bridgehead atoms. The summed E-state index contributed by atoms with van der Waals surface area (Å²) >= 11 is 0. The van der Waals surface area contributed by atoms with Gasteiger partial charge in [-0.2, -0.15) is 0 Å². The molecule has 0 spiro atoms. The molecule has 0 aromatic carbocycles. The highest BCUT2D eigenvalue weighted by atomic mass is 16.6. The lowest BCUT2D eigenvalue weighted by molar-refractivity contribution is -0.938. The van der Waals surface area contributed by atoms with E-state index in [9.17, 15) is 5.11 Å². The number of fused-ring (bicyclic) bond motifs is 5. The van der Waals surface area contributed by atoms with Gasteiger partial charge in [0.25, 0.3) is 0 Å². The Morgan fingerprint density at radius 3 is 2.17 bits per heavy atom. The van der Waals surface area contributed by atoms with E-state index in [4.69, 9.17) is 4.74 Å². The predicted molar refractivity (Wildman–Crippen MR) is 43.6 cm³/mol. The number of ether oxygens (including phenoxy) is 1. The number of likely N-dealkylation sites (N-methyl/N-ethyl adjacent to an activating group) is 1. The zero-order valence-corrected chi connectivity index (χ0v) is 7.60. The molecule has 5 atom stereocenters. The van der Waals surface area contributed by atoms with Crippen molar-refractivity contribution >= 4 is 0 Å². The van der Waals surface area contributed by atoms with Crippen molar-refractivity contribution in [2.45, 2.75) is 43.2 Å². The number of hydrogen-bond donors (Lipinski definition) is 1. The average molecular weight is 170 g/mol. The van der Waals surface area contributed by atoms with Gasteiger partial charge in [0.2, 0.25) is 0 Å². The average Bonchev–Trinajstić information content (AvgIpc) is 2.66. The molecular weight excluding hydrogens is 154 g/mol. The maximum absolute atomic E-state index is 9.60. The van der Waals surface area contributed by atoms with E-state index in [1.54, 1.807) is 0 Å². The Labute approximate surface area is 72.5 Å². The van der Waals surface area contributed by atoms with Gasteiger partial charge in [-0.1, -0.05) is 0 Å². The van der Waals surface area contributed by atoms with Crippen LogP contribution in [0.1, 0.15) is 12.8 Å². The first-order chi connectivity index (χ1) is 5.60. The van der Waals surface area contributed by atoms with E-state index >= 15 is 0 Å². The topological polar surface area (TPSA) is 32.8 Å². The van der Waals surface area contributed by atoms with Gasteiger partial charge in [-0.3, -0.25) is 0 Å². The van der Waals surface area contributed by atoms with Crippen molar-refractivity contribution in [3.05, 3.63) is 0 Å². The second-order valence-corrected chi connectivity index (χ2v) is 4.95. The van der Waals surface area contributed by atoms with Crippen molar-refractivity contribution < 1.29 is 14.3 Å². The summed E-state index contributed by atoms with van der Waals surface area (Å²) in [7, 11) is 4.55. The molecule has 0 aromatic rings. The molecule has 0 radical (unpaired) electrons. The number of rotatable bonds is 0. The number of hydrogen-bond acceptors (Lipinski definition) is 2. The van der Waals surface area contributed by atoms with Crippen LogP contribution in [-0.4, -0.2) is 54.1 Å². The predicted octanol–water partition coefficient (Wildman–Crippen LogP) is -0.264. The second-order valence-electron chi connectivity index (χ2n) is 4.95. The Hall–Kier alpha value is -0.120. The quantitative estimate of drug-likeness (QED) is 0.401. The van der Waals surface area contributed by atoms with Gasteiger partial charge in [0, 0.05) is 12.8 Å². The number of epoxide rings is 1. The van der Waals surface area contributed by atoms with Crippen LogP contribution in [0, 0.1) is 0 Å². The van der Waals surface area contributed by atoms with E-state index < -0.39 is 0 Å². The molecular formula is C9H16NO2+. The van der Waals surface area contributed by atoms with E-state index in [0.717, 1.165) is 17.3 Å². The molecule has 0 amide bonds. The molecule has 68 valence electrons. The largest absolute Gasteiger partial charge is 0.393 e. The van der Waals surface area contributed by atoms with Crippen molar-refractivity contribution in [3.8, 4) is 0 Å². The van der Waals surface area contributed by atoms with E-state index in [1.807, 2.05) is 0 Å². The fourth-order valence-electron chi connectivity index (χ4n) is 3.22. The monoisotopic (exact) mass is 170 g/mol. The normalized spacial score (nSPS) is 59.8. The van der Waals surface area contributed by atoms with Crippen LogP contribution in [0.5, 0.6) is 0 Å². The van der Waals surface area contributed by atoms with Crippen LogP contribution in [0.15, 0.2) is 0 Å². The first kappa shape index (κ1) is 7.30. The van der Waals surface area contributed by atoms with Crippen molar-refractivity contribution in [1.82, 2.24) is 0 Å². The van der Waals surface area contributed by atoms with Gasteiger partial charge >= 0.3 is 0 Å². The van der Waals surface area contributed by atoms with Gasteiger partial charge in [0.1, 0.15) is 24.3 Å². The van der Waals surface area contributed by atoms with Crippen LogP contribution in [0.4, 0.5) is 0 Å². The number of aliphatic hydroxyl groups excluding tert-OH is 1. The highest BCUT2D eigenvalue weighted by molar-refractivity contribution is 5.07. The van der Waals surface area contributed by atoms with Gasteiger partial charge in [-0.05, 0) is 0 Å². The minimum Gasteiger partial charge on any atom is -0.393 e. The third-order valence-electron chi connectivity index (χ3n) is 4.06. The zero-order valence-electron chi connectivity index (χ0n) is 7.60. The summed E-state index contributed by atoms with van der Waals surface area (Å²) in [5.41, 5.74) is 0. The van der Waals surface area contributed by atoms with Gasteiger partial charge in [-0.15, -0.1) is 0 Å². The summed E-state index contributed by atoms with van der Waals surface area (Å²) in [6, 6.07) is 1.12. The molecule has 0 saturated carbocycles. The molecule has 0 aromatic heterocycles. The Morgan fingerprint density at radius 2 is 1.67 bits per heavy atom. The maximum atomic E-state index is 9.60. The molecule has 3 aliphatic rings. The molecule has 3 heterocycles. The highest BCUT2D eigenvalue weighted by Crippen LogP contribution is 2.50. The van der Waals surface area contributed by atoms with Crippen LogP contribution >= 0.6 is 0 Å². The first-order valence-corrected chi connectivity index (χ1v) is 4.77. The fraction of sp³-hybridized carbons (Fsp3) is 1.00. The third kappa shape index (κ3) is 0.679. The number of morpholine rings is 1. The molecule has 0 aliphatic carbocycles. The van der Waals surface area contributed by atoms with Gasteiger partial charge in [0.05, 0.1) is 20.2 Å². The number of quaternary nitrogens is 1. The molecule has 3 fully saturated rings. The van der Waals surface area contributed by atoms with Crippen LogP contribution in [0.2, 0.25) is 0 Å². The summed E-state index contributed by atoms with van der Waals surface area (Å²) in [5, 5.41) is 9.60. The standard InChI is InChI=1S/C9H16NO2/c1-10(2)6-3-5(11)4-7(10)9-8(6)12-9/h5-9,11H,3-4H2,1-2H3/q+1/t5?,6-,7+,8-,9-/m0/s1. The molecule has 3 aliphatic heterocycles. The van der Waals surface area contributed by atoms with E-state index in [0.29, 0.717) is 24.3 Å².